The topological polar surface area (TPSA) is 25.8 Å². The number of hydrogen-bond acceptors (Lipinski definition) is 2. The van der Waals surface area contributed by atoms with Gasteiger partial charge in [0, 0.05) is 48.3 Å². The van der Waals surface area contributed by atoms with E-state index >= 15 is 0 Å². The third kappa shape index (κ3) is 4.33. The zero-order valence-corrected chi connectivity index (χ0v) is 6.21. The SMILES string of the molecule is [Ag].[S].c1ccnnc1. The van der Waals surface area contributed by atoms with E-state index in [1.54, 1.807) is 12.4 Å². The second kappa shape index (κ2) is 7.17. The molecule has 0 saturated heterocycles. The van der Waals surface area contributed by atoms with Crippen LogP contribution >= 0.6 is 13.5 Å². The first kappa shape index (κ1) is 11.0. The van der Waals surface area contributed by atoms with E-state index in [1.165, 1.54) is 0 Å². The molecule has 0 aromatic carbocycles. The molecule has 1 heterocycles. The van der Waals surface area contributed by atoms with Crippen molar-refractivity contribution in [2.75, 3.05) is 0 Å². The Morgan fingerprint density at radius 2 is 1.25 bits per heavy atom. The molecule has 3 radical (unpaired) electrons. The van der Waals surface area contributed by atoms with Gasteiger partial charge in [0.15, 0.2) is 0 Å². The van der Waals surface area contributed by atoms with Gasteiger partial charge in [0.25, 0.3) is 0 Å². The fourth-order valence-electron chi connectivity index (χ4n) is 0.253. The molecule has 0 aliphatic heterocycles. The molecule has 0 atom stereocenters. The summed E-state index contributed by atoms with van der Waals surface area (Å²) in [7, 11) is 0. The summed E-state index contributed by atoms with van der Waals surface area (Å²) in [4.78, 5) is 0. The summed E-state index contributed by atoms with van der Waals surface area (Å²) in [6, 6.07) is 3.65. The second-order valence-corrected chi connectivity index (χ2v) is 0.914. The number of aromatic nitrogens is 2. The van der Waals surface area contributed by atoms with Crippen molar-refractivity contribution < 1.29 is 22.4 Å². The average molecular weight is 220 g/mol. The van der Waals surface area contributed by atoms with Crippen molar-refractivity contribution in [2.24, 2.45) is 0 Å². The third-order valence-electron chi connectivity index (χ3n) is 0.483. The summed E-state index contributed by atoms with van der Waals surface area (Å²) in [6.45, 7) is 0. The molecule has 0 bridgehead atoms. The van der Waals surface area contributed by atoms with Crippen LogP contribution in [0.5, 0.6) is 0 Å². The molecule has 8 heavy (non-hydrogen) atoms. The van der Waals surface area contributed by atoms with Crippen molar-refractivity contribution in [1.82, 2.24) is 10.2 Å². The van der Waals surface area contributed by atoms with Gasteiger partial charge in [-0.05, 0) is 12.1 Å². The minimum Gasteiger partial charge on any atom is -0.159 e. The molecule has 0 fully saturated rings. The Hall–Kier alpha value is 0.170. The molecular weight excluding hydrogens is 216 g/mol. The number of rotatable bonds is 0. The van der Waals surface area contributed by atoms with Crippen LogP contribution in [0, 0.1) is 0 Å². The van der Waals surface area contributed by atoms with E-state index in [0.29, 0.717) is 0 Å². The predicted molar refractivity (Wildman–Crippen MR) is 29.6 cm³/mol. The molecule has 0 saturated carbocycles. The van der Waals surface area contributed by atoms with E-state index in [-0.39, 0.29) is 35.9 Å². The Morgan fingerprint density at radius 1 is 0.875 bits per heavy atom. The van der Waals surface area contributed by atoms with Crippen LogP contribution in [-0.4, -0.2) is 10.2 Å². The largest absolute Gasteiger partial charge is 0.159 e. The average Bonchev–Trinajstić information content (AvgIpc) is 1.72. The van der Waals surface area contributed by atoms with E-state index in [9.17, 15) is 0 Å². The van der Waals surface area contributed by atoms with Crippen LogP contribution in [-0.2, 0) is 22.4 Å². The van der Waals surface area contributed by atoms with Gasteiger partial charge in [-0.15, -0.1) is 0 Å². The van der Waals surface area contributed by atoms with Crippen molar-refractivity contribution in [1.29, 1.82) is 0 Å². The normalized spacial score (nSPS) is 6.00. The van der Waals surface area contributed by atoms with E-state index in [4.69, 9.17) is 0 Å². The molecule has 1 rings (SSSR count). The first-order valence-electron chi connectivity index (χ1n) is 1.72. The van der Waals surface area contributed by atoms with Crippen molar-refractivity contribution in [3.63, 3.8) is 0 Å². The van der Waals surface area contributed by atoms with Gasteiger partial charge in [-0.2, -0.15) is 10.2 Å². The van der Waals surface area contributed by atoms with Gasteiger partial charge < -0.3 is 0 Å². The van der Waals surface area contributed by atoms with Crippen molar-refractivity contribution in [2.45, 2.75) is 0 Å². The van der Waals surface area contributed by atoms with Crippen LogP contribution < -0.4 is 0 Å². The fraction of sp³-hybridized carbons (Fsp3) is 0. The summed E-state index contributed by atoms with van der Waals surface area (Å²) in [5.41, 5.74) is 0. The Bertz CT molecular complexity index is 86.0. The molecule has 4 heteroatoms. The standard InChI is InChI=1S/C4H4N2.Ag.S/c1-2-4-6-5-3-1;;/h1-4H;;. The zero-order chi connectivity index (χ0) is 4.24. The van der Waals surface area contributed by atoms with Crippen LogP contribution in [0.2, 0.25) is 0 Å². The van der Waals surface area contributed by atoms with Crippen LogP contribution in [0.4, 0.5) is 0 Å². The maximum atomic E-state index is 3.53. The fourth-order valence-corrected chi connectivity index (χ4v) is 0.253. The van der Waals surface area contributed by atoms with Crippen molar-refractivity contribution in [3.8, 4) is 0 Å². The molecule has 2 nitrogen and oxygen atoms in total. The van der Waals surface area contributed by atoms with E-state index < -0.39 is 0 Å². The summed E-state index contributed by atoms with van der Waals surface area (Å²) in [6.07, 6.45) is 3.28. The smallest absolute Gasteiger partial charge is 0.0496 e. The molecule has 0 aliphatic rings. The molecular formula is C4H4AgN2S. The van der Waals surface area contributed by atoms with Gasteiger partial charge in [0.2, 0.25) is 0 Å². The molecule has 0 unspecified atom stereocenters. The molecule has 0 N–H and O–H groups in total. The van der Waals surface area contributed by atoms with E-state index in [0.717, 1.165) is 0 Å². The van der Waals surface area contributed by atoms with Crippen LogP contribution in [0.3, 0.4) is 0 Å². The molecule has 1 aromatic heterocycles. The molecule has 0 spiro atoms. The quantitative estimate of drug-likeness (QED) is 0.612. The van der Waals surface area contributed by atoms with Crippen molar-refractivity contribution in [3.05, 3.63) is 24.5 Å². The van der Waals surface area contributed by atoms with Crippen molar-refractivity contribution >= 4 is 13.5 Å². The summed E-state index contributed by atoms with van der Waals surface area (Å²) < 4.78 is 0. The minimum absolute atomic E-state index is 0. The molecule has 0 amide bonds. The first-order chi connectivity index (χ1) is 3.00. The zero-order valence-electron chi connectivity index (χ0n) is 3.91. The van der Waals surface area contributed by atoms with Gasteiger partial charge in [0.05, 0.1) is 0 Å². The van der Waals surface area contributed by atoms with Gasteiger partial charge in [-0.1, -0.05) is 0 Å². The summed E-state index contributed by atoms with van der Waals surface area (Å²) in [5.74, 6) is 0. The maximum absolute atomic E-state index is 3.53. The Balaban J connectivity index is 0. The number of hydrogen-bond donors (Lipinski definition) is 0. The monoisotopic (exact) mass is 219 g/mol. The predicted octanol–water partition coefficient (Wildman–Crippen LogP) is 1.12. The van der Waals surface area contributed by atoms with Crippen LogP contribution in [0.25, 0.3) is 0 Å². The van der Waals surface area contributed by atoms with Crippen LogP contribution in [0.1, 0.15) is 0 Å². The summed E-state index contributed by atoms with van der Waals surface area (Å²) >= 11 is 0. The van der Waals surface area contributed by atoms with Gasteiger partial charge in [-0.25, -0.2) is 0 Å². The first-order valence-corrected chi connectivity index (χ1v) is 1.72. The second-order valence-electron chi connectivity index (χ2n) is 0.914. The summed E-state index contributed by atoms with van der Waals surface area (Å²) in [5, 5.41) is 7.07. The Kier molecular flexibility index (Phi) is 9.89. The third-order valence-corrected chi connectivity index (χ3v) is 0.483. The van der Waals surface area contributed by atoms with Gasteiger partial charge >= 0.3 is 0 Å². The van der Waals surface area contributed by atoms with Gasteiger partial charge in [-0.3, -0.25) is 0 Å². The molecule has 47 valence electrons. The minimum atomic E-state index is 0. The Morgan fingerprint density at radius 3 is 1.38 bits per heavy atom. The number of nitrogens with zero attached hydrogens (tertiary/aromatic N) is 2. The van der Waals surface area contributed by atoms with Crippen LogP contribution in [0.15, 0.2) is 24.5 Å². The van der Waals surface area contributed by atoms with E-state index in [2.05, 4.69) is 10.2 Å². The van der Waals surface area contributed by atoms with E-state index in [1.807, 2.05) is 12.1 Å². The maximum Gasteiger partial charge on any atom is 0.0496 e. The van der Waals surface area contributed by atoms with Gasteiger partial charge in [0.1, 0.15) is 0 Å². The Labute approximate surface area is 70.7 Å². The molecule has 0 aliphatic carbocycles. The molecule has 1 aromatic rings.